The van der Waals surface area contributed by atoms with E-state index in [1.807, 2.05) is 0 Å². The van der Waals surface area contributed by atoms with Crippen LogP contribution in [0.4, 0.5) is 8.78 Å². The Bertz CT molecular complexity index is 891. The van der Waals surface area contributed by atoms with E-state index in [1.54, 1.807) is 19.3 Å². The van der Waals surface area contributed by atoms with Crippen molar-refractivity contribution in [1.29, 1.82) is 0 Å². The first-order chi connectivity index (χ1) is 12.7. The van der Waals surface area contributed by atoms with Gasteiger partial charge in [0.1, 0.15) is 11.6 Å². The molecule has 0 saturated heterocycles. The number of rotatable bonds is 5. The van der Waals surface area contributed by atoms with Crippen LogP contribution < -0.4 is 11.0 Å². The highest BCUT2D eigenvalue weighted by molar-refractivity contribution is 7.51. The summed E-state index contributed by atoms with van der Waals surface area (Å²) in [5.41, 5.74) is 0.709. The van der Waals surface area contributed by atoms with Crippen LogP contribution in [0, 0.1) is 17.0 Å². The zero-order valence-corrected chi connectivity index (χ0v) is 15.4. The molecule has 2 N–H and O–H groups in total. The Kier molecular flexibility index (Phi) is 8.13. The van der Waals surface area contributed by atoms with Gasteiger partial charge >= 0.3 is 11.6 Å². The standard InChI is InChI=1S/C17H18F2N2O3.O2S/c1-17(2,16(23)20-24)7-8-21-10-14(19)13(9-15(21)22)11-3-5-12(18)6-4-11;1-3-2/h3-6,9-10,24H,7-8H2,1-2H3,(H,20,23);. The Hall–Kier alpha value is -2.72. The van der Waals surface area contributed by atoms with E-state index < -0.39 is 40.1 Å². The molecule has 1 aromatic carbocycles. The van der Waals surface area contributed by atoms with Crippen LogP contribution in [0.3, 0.4) is 0 Å². The van der Waals surface area contributed by atoms with E-state index in [4.69, 9.17) is 13.6 Å². The van der Waals surface area contributed by atoms with Gasteiger partial charge in [-0.3, -0.25) is 14.8 Å². The lowest BCUT2D eigenvalue weighted by Crippen LogP contribution is -2.36. The van der Waals surface area contributed by atoms with Crippen LogP contribution in [0.15, 0.2) is 41.3 Å². The first-order valence-corrected chi connectivity index (χ1v) is 8.35. The number of hydrogen-bond donors (Lipinski definition) is 2. The minimum absolute atomic E-state index is 0.0867. The maximum absolute atomic E-state index is 14.3. The van der Waals surface area contributed by atoms with Crippen LogP contribution in [-0.2, 0) is 22.9 Å². The summed E-state index contributed by atoms with van der Waals surface area (Å²) in [4.78, 5) is 23.7. The zero-order valence-electron chi connectivity index (χ0n) is 14.6. The summed E-state index contributed by atoms with van der Waals surface area (Å²) in [6.45, 7) is 3.32. The maximum Gasteiger partial charge on any atom is 0.335 e. The van der Waals surface area contributed by atoms with Gasteiger partial charge in [-0.1, -0.05) is 26.0 Å². The maximum atomic E-state index is 14.3. The fraction of sp³-hybridized carbons (Fsp3) is 0.294. The zero-order chi connectivity index (χ0) is 20.6. The Morgan fingerprint density at radius 3 is 2.30 bits per heavy atom. The summed E-state index contributed by atoms with van der Waals surface area (Å²) in [6.07, 6.45) is 1.29. The van der Waals surface area contributed by atoms with Gasteiger partial charge in [-0.15, -0.1) is 0 Å². The number of carbonyl (C=O) groups excluding carboxylic acids is 1. The number of pyridine rings is 1. The number of carbonyl (C=O) groups is 1. The highest BCUT2D eigenvalue weighted by Crippen LogP contribution is 2.23. The van der Waals surface area contributed by atoms with E-state index >= 15 is 0 Å². The van der Waals surface area contributed by atoms with Crippen molar-refractivity contribution in [2.45, 2.75) is 26.8 Å². The third-order valence-corrected chi connectivity index (χ3v) is 3.93. The fourth-order valence-corrected chi connectivity index (χ4v) is 2.24. The molecule has 2 aromatic rings. The largest absolute Gasteiger partial charge is 0.335 e. The smallest absolute Gasteiger partial charge is 0.313 e. The lowest BCUT2D eigenvalue weighted by atomic mass is 9.88. The minimum Gasteiger partial charge on any atom is -0.313 e. The Balaban J connectivity index is 0.00000114. The number of hydroxylamine groups is 1. The molecule has 0 bridgehead atoms. The molecule has 7 nitrogen and oxygen atoms in total. The van der Waals surface area contributed by atoms with Crippen LogP contribution in [-0.4, -0.2) is 24.1 Å². The third-order valence-electron chi connectivity index (χ3n) is 3.93. The van der Waals surface area contributed by atoms with E-state index in [9.17, 15) is 18.4 Å². The van der Waals surface area contributed by atoms with Gasteiger partial charge in [-0.05, 0) is 24.1 Å². The van der Waals surface area contributed by atoms with Crippen LogP contribution in [0.5, 0.6) is 0 Å². The number of aryl methyl sites for hydroxylation is 1. The fourth-order valence-electron chi connectivity index (χ4n) is 2.24. The lowest BCUT2D eigenvalue weighted by Gasteiger charge is -2.22. The highest BCUT2D eigenvalue weighted by atomic mass is 32.1. The lowest BCUT2D eigenvalue weighted by molar-refractivity contribution is -0.138. The number of benzene rings is 1. The molecule has 0 fully saturated rings. The van der Waals surface area contributed by atoms with Crippen molar-refractivity contribution in [3.05, 3.63) is 58.5 Å². The van der Waals surface area contributed by atoms with E-state index in [-0.39, 0.29) is 18.5 Å². The minimum atomic E-state index is -0.916. The molecular weight excluding hydrogens is 382 g/mol. The first kappa shape index (κ1) is 22.3. The van der Waals surface area contributed by atoms with Crippen molar-refractivity contribution in [2.75, 3.05) is 0 Å². The molecule has 1 heterocycles. The average Bonchev–Trinajstić information content (AvgIpc) is 2.63. The SMILES string of the molecule is CC(C)(CCn1cc(F)c(-c2ccc(F)cc2)cc1=O)C(=O)NO.O=S=O. The normalized spacial score (nSPS) is 10.6. The molecule has 0 spiro atoms. The molecule has 0 radical (unpaired) electrons. The van der Waals surface area contributed by atoms with Crippen molar-refractivity contribution in [1.82, 2.24) is 10.0 Å². The third kappa shape index (κ3) is 6.19. The van der Waals surface area contributed by atoms with Crippen molar-refractivity contribution < 1.29 is 27.2 Å². The molecule has 0 aliphatic heterocycles. The van der Waals surface area contributed by atoms with Gasteiger partial charge in [0, 0.05) is 29.8 Å². The quantitative estimate of drug-likeness (QED) is 0.590. The predicted octanol–water partition coefficient (Wildman–Crippen LogP) is 2.05. The van der Waals surface area contributed by atoms with Gasteiger partial charge in [0.05, 0.1) is 0 Å². The Morgan fingerprint density at radius 1 is 1.22 bits per heavy atom. The molecule has 1 aromatic heterocycles. The molecule has 1 amide bonds. The van der Waals surface area contributed by atoms with E-state index in [0.29, 0.717) is 5.56 Å². The van der Waals surface area contributed by atoms with Gasteiger partial charge in [0.2, 0.25) is 5.91 Å². The molecule has 146 valence electrons. The Morgan fingerprint density at radius 2 is 1.78 bits per heavy atom. The van der Waals surface area contributed by atoms with Gasteiger partial charge < -0.3 is 4.57 Å². The van der Waals surface area contributed by atoms with Crippen LogP contribution >= 0.6 is 0 Å². The molecule has 27 heavy (non-hydrogen) atoms. The van der Waals surface area contributed by atoms with E-state index in [2.05, 4.69) is 0 Å². The molecule has 0 atom stereocenters. The number of halogens is 2. The molecule has 0 unspecified atom stereocenters. The van der Waals surface area contributed by atoms with Crippen molar-refractivity contribution in [3.63, 3.8) is 0 Å². The van der Waals surface area contributed by atoms with Crippen molar-refractivity contribution in [2.24, 2.45) is 5.41 Å². The highest BCUT2D eigenvalue weighted by Gasteiger charge is 2.27. The summed E-state index contributed by atoms with van der Waals surface area (Å²) in [5, 5.41) is 8.69. The monoisotopic (exact) mass is 400 g/mol. The average molecular weight is 400 g/mol. The molecule has 10 heteroatoms. The number of nitrogens with one attached hydrogen (secondary N) is 1. The van der Waals surface area contributed by atoms with Crippen LogP contribution in [0.1, 0.15) is 20.3 Å². The second kappa shape index (κ2) is 9.83. The van der Waals surface area contributed by atoms with Crippen molar-refractivity contribution >= 4 is 17.5 Å². The van der Waals surface area contributed by atoms with Crippen molar-refractivity contribution in [3.8, 4) is 11.1 Å². The summed E-state index contributed by atoms with van der Waals surface area (Å²) in [6, 6.07) is 6.31. The van der Waals surface area contributed by atoms with Crippen LogP contribution in [0.2, 0.25) is 0 Å². The molecular formula is C17H18F2N2O5S. The summed E-state index contributed by atoms with van der Waals surface area (Å²) in [7, 11) is 0. The number of amides is 1. The summed E-state index contributed by atoms with van der Waals surface area (Å²) < 4.78 is 45.0. The molecule has 2 rings (SSSR count). The predicted molar refractivity (Wildman–Crippen MR) is 93.3 cm³/mol. The van der Waals surface area contributed by atoms with Gasteiger partial charge in [0.25, 0.3) is 5.56 Å². The molecule has 0 saturated carbocycles. The second-order valence-corrected chi connectivity index (χ2v) is 6.35. The Labute approximate surface area is 157 Å². The van der Waals surface area contributed by atoms with E-state index in [0.717, 1.165) is 16.8 Å². The van der Waals surface area contributed by atoms with Gasteiger partial charge in [-0.25, -0.2) is 14.3 Å². The number of aromatic nitrogens is 1. The van der Waals surface area contributed by atoms with Gasteiger partial charge in [0.15, 0.2) is 0 Å². The van der Waals surface area contributed by atoms with Gasteiger partial charge in [-0.2, -0.15) is 8.42 Å². The molecule has 0 aliphatic carbocycles. The summed E-state index contributed by atoms with van der Waals surface area (Å²) in [5.74, 6) is -1.65. The topological polar surface area (TPSA) is 105 Å². The first-order valence-electron chi connectivity index (χ1n) is 7.68. The summed E-state index contributed by atoms with van der Waals surface area (Å²) >= 11 is -0.750. The number of nitrogens with zero attached hydrogens (tertiary/aromatic N) is 1. The van der Waals surface area contributed by atoms with E-state index in [1.165, 1.54) is 24.3 Å². The van der Waals surface area contributed by atoms with Crippen LogP contribution in [0.25, 0.3) is 11.1 Å². The molecule has 0 aliphatic rings. The second-order valence-electron chi connectivity index (χ2n) is 6.22. The number of hydrogen-bond acceptors (Lipinski definition) is 5.